The minimum Gasteiger partial charge on any atom is -0.426 e. The molecule has 25 heavy (non-hydrogen) atoms. The number of esters is 1. The molecule has 0 unspecified atom stereocenters. The molecule has 0 radical (unpaired) electrons. The Balaban J connectivity index is 1.74. The lowest BCUT2D eigenvalue weighted by molar-refractivity contribution is -0.139. The highest BCUT2D eigenvalue weighted by Crippen LogP contribution is 2.30. The normalized spacial score (nSPS) is 17.0. The summed E-state index contributed by atoms with van der Waals surface area (Å²) in [6.07, 6.45) is 0.148. The highest BCUT2D eigenvalue weighted by Gasteiger charge is 2.36. The van der Waals surface area contributed by atoms with E-state index in [1.807, 2.05) is 45.0 Å². The zero-order valence-corrected chi connectivity index (χ0v) is 15.3. The molecule has 1 aliphatic rings. The number of amides is 1. The van der Waals surface area contributed by atoms with Crippen molar-refractivity contribution in [3.05, 3.63) is 58.1 Å². The Bertz CT molecular complexity index is 847. The molecule has 1 aliphatic heterocycles. The molecule has 1 amide bonds. The van der Waals surface area contributed by atoms with Gasteiger partial charge >= 0.3 is 5.97 Å². The van der Waals surface area contributed by atoms with Crippen LogP contribution in [0.1, 0.15) is 23.1 Å². The van der Waals surface area contributed by atoms with Crippen molar-refractivity contribution >= 4 is 29.2 Å². The lowest BCUT2D eigenvalue weighted by Gasteiger charge is -2.17. The fraction of sp³-hybridized carbons (Fsp3) is 0.300. The van der Waals surface area contributed by atoms with Crippen molar-refractivity contribution in [2.75, 3.05) is 11.4 Å². The summed E-state index contributed by atoms with van der Waals surface area (Å²) in [6, 6.07) is 11.1. The second-order valence-corrected chi connectivity index (χ2v) is 6.87. The van der Waals surface area contributed by atoms with E-state index in [0.29, 0.717) is 23.0 Å². The van der Waals surface area contributed by atoms with E-state index in [-0.39, 0.29) is 18.3 Å². The number of carbonyl (C=O) groups excluding carboxylic acids is 2. The SMILES string of the molecule is Cc1ccc(N2C[C@H](C(=O)Oc3cccc(C)c3C)CC2=O)cc1Cl. The van der Waals surface area contributed by atoms with Crippen LogP contribution >= 0.6 is 11.6 Å². The van der Waals surface area contributed by atoms with Crippen LogP contribution in [0.2, 0.25) is 5.02 Å². The monoisotopic (exact) mass is 357 g/mol. The Hall–Kier alpha value is -2.33. The molecule has 2 aromatic rings. The maximum atomic E-state index is 12.5. The summed E-state index contributed by atoms with van der Waals surface area (Å²) in [4.78, 5) is 26.4. The molecule has 0 spiro atoms. The Labute approximate surface area is 152 Å². The zero-order valence-electron chi connectivity index (χ0n) is 14.5. The van der Waals surface area contributed by atoms with Gasteiger partial charge in [-0.15, -0.1) is 0 Å². The van der Waals surface area contributed by atoms with Gasteiger partial charge in [0, 0.05) is 23.7 Å². The van der Waals surface area contributed by atoms with Crippen molar-refractivity contribution < 1.29 is 14.3 Å². The van der Waals surface area contributed by atoms with E-state index in [2.05, 4.69) is 0 Å². The number of nitrogens with zero attached hydrogens (tertiary/aromatic N) is 1. The molecule has 0 N–H and O–H groups in total. The molecular formula is C20H20ClNO3. The topological polar surface area (TPSA) is 46.6 Å². The minimum absolute atomic E-state index is 0.0946. The molecule has 1 heterocycles. The molecule has 1 fully saturated rings. The van der Waals surface area contributed by atoms with Gasteiger partial charge in [0.15, 0.2) is 0 Å². The molecule has 5 heteroatoms. The standard InChI is InChI=1S/C20H20ClNO3/c1-12-5-4-6-18(14(12)3)25-20(24)15-9-19(23)22(11-15)16-8-7-13(2)17(21)10-16/h4-8,10,15H,9,11H2,1-3H3/t15-/m1/s1. The summed E-state index contributed by atoms with van der Waals surface area (Å²) in [7, 11) is 0. The number of hydrogen-bond donors (Lipinski definition) is 0. The molecule has 0 bridgehead atoms. The van der Waals surface area contributed by atoms with Crippen LogP contribution in [0, 0.1) is 26.7 Å². The third-order valence-corrected chi connectivity index (χ3v) is 5.10. The van der Waals surface area contributed by atoms with Gasteiger partial charge in [-0.25, -0.2) is 0 Å². The van der Waals surface area contributed by atoms with Crippen molar-refractivity contribution in [3.63, 3.8) is 0 Å². The first kappa shape index (κ1) is 17.5. The van der Waals surface area contributed by atoms with Crippen molar-refractivity contribution in [3.8, 4) is 5.75 Å². The molecule has 0 aliphatic carbocycles. The number of halogens is 1. The molecule has 1 atom stereocenters. The van der Waals surface area contributed by atoms with E-state index < -0.39 is 5.92 Å². The second-order valence-electron chi connectivity index (χ2n) is 6.46. The maximum absolute atomic E-state index is 12.5. The van der Waals surface area contributed by atoms with Crippen LogP contribution in [0.15, 0.2) is 36.4 Å². The van der Waals surface area contributed by atoms with Gasteiger partial charge in [-0.2, -0.15) is 0 Å². The van der Waals surface area contributed by atoms with Crippen LogP contribution in [-0.2, 0) is 9.59 Å². The van der Waals surface area contributed by atoms with Gasteiger partial charge in [-0.05, 0) is 55.7 Å². The van der Waals surface area contributed by atoms with Gasteiger partial charge in [0.05, 0.1) is 5.92 Å². The van der Waals surface area contributed by atoms with E-state index in [4.69, 9.17) is 16.3 Å². The van der Waals surface area contributed by atoms with Crippen molar-refractivity contribution in [1.82, 2.24) is 0 Å². The molecule has 0 aromatic heterocycles. The maximum Gasteiger partial charge on any atom is 0.316 e. The first-order chi connectivity index (χ1) is 11.9. The summed E-state index contributed by atoms with van der Waals surface area (Å²) < 4.78 is 5.54. The Morgan fingerprint density at radius 3 is 2.64 bits per heavy atom. The van der Waals surface area contributed by atoms with Gasteiger partial charge in [0.2, 0.25) is 5.91 Å². The van der Waals surface area contributed by atoms with E-state index in [9.17, 15) is 9.59 Å². The molecule has 3 rings (SSSR count). The van der Waals surface area contributed by atoms with Crippen LogP contribution in [-0.4, -0.2) is 18.4 Å². The van der Waals surface area contributed by atoms with E-state index >= 15 is 0 Å². The number of anilines is 1. The van der Waals surface area contributed by atoms with Crippen LogP contribution in [0.4, 0.5) is 5.69 Å². The Morgan fingerprint density at radius 1 is 1.16 bits per heavy atom. The van der Waals surface area contributed by atoms with Gasteiger partial charge in [-0.3, -0.25) is 9.59 Å². The van der Waals surface area contributed by atoms with E-state index in [1.54, 1.807) is 17.0 Å². The van der Waals surface area contributed by atoms with Gasteiger partial charge in [0.1, 0.15) is 5.75 Å². The predicted molar refractivity (Wildman–Crippen MR) is 98.2 cm³/mol. The third-order valence-electron chi connectivity index (χ3n) is 4.69. The molecule has 1 saturated heterocycles. The quantitative estimate of drug-likeness (QED) is 0.610. The van der Waals surface area contributed by atoms with E-state index in [1.165, 1.54) is 0 Å². The average molecular weight is 358 g/mol. The molecular weight excluding hydrogens is 338 g/mol. The summed E-state index contributed by atoms with van der Waals surface area (Å²) in [5, 5.41) is 0.603. The number of benzene rings is 2. The third kappa shape index (κ3) is 3.54. The largest absolute Gasteiger partial charge is 0.426 e. The van der Waals surface area contributed by atoms with Crippen molar-refractivity contribution in [2.45, 2.75) is 27.2 Å². The van der Waals surface area contributed by atoms with Crippen molar-refractivity contribution in [1.29, 1.82) is 0 Å². The van der Waals surface area contributed by atoms with Crippen molar-refractivity contribution in [2.24, 2.45) is 5.92 Å². The number of hydrogen-bond acceptors (Lipinski definition) is 3. The van der Waals surface area contributed by atoms with Gasteiger partial charge in [-0.1, -0.05) is 29.8 Å². The predicted octanol–water partition coefficient (Wildman–Crippen LogP) is 4.22. The lowest BCUT2D eigenvalue weighted by atomic mass is 10.1. The smallest absolute Gasteiger partial charge is 0.316 e. The summed E-state index contributed by atoms with van der Waals surface area (Å²) >= 11 is 6.15. The highest BCUT2D eigenvalue weighted by atomic mass is 35.5. The molecule has 130 valence electrons. The summed E-state index contributed by atoms with van der Waals surface area (Å²) in [6.45, 7) is 6.09. The van der Waals surface area contributed by atoms with Crippen LogP contribution < -0.4 is 9.64 Å². The molecule has 0 saturated carbocycles. The first-order valence-electron chi connectivity index (χ1n) is 8.21. The minimum atomic E-state index is -0.479. The van der Waals surface area contributed by atoms with Crippen LogP contribution in [0.5, 0.6) is 5.75 Å². The number of ether oxygens (including phenoxy) is 1. The number of aryl methyl sites for hydroxylation is 2. The van der Waals surface area contributed by atoms with Crippen LogP contribution in [0.25, 0.3) is 0 Å². The molecule has 2 aromatic carbocycles. The second kappa shape index (κ2) is 6.89. The van der Waals surface area contributed by atoms with E-state index in [0.717, 1.165) is 16.7 Å². The molecule has 4 nitrogen and oxygen atoms in total. The first-order valence-corrected chi connectivity index (χ1v) is 8.59. The Kier molecular flexibility index (Phi) is 4.82. The average Bonchev–Trinajstić information content (AvgIpc) is 2.96. The highest BCUT2D eigenvalue weighted by molar-refractivity contribution is 6.31. The fourth-order valence-corrected chi connectivity index (χ4v) is 3.07. The Morgan fingerprint density at radius 2 is 1.92 bits per heavy atom. The van der Waals surface area contributed by atoms with Crippen LogP contribution in [0.3, 0.4) is 0 Å². The summed E-state index contributed by atoms with van der Waals surface area (Å²) in [5.41, 5.74) is 3.65. The number of carbonyl (C=O) groups is 2. The number of rotatable bonds is 3. The zero-order chi connectivity index (χ0) is 18.1. The lowest BCUT2D eigenvalue weighted by Crippen LogP contribution is -2.27. The van der Waals surface area contributed by atoms with Gasteiger partial charge in [0.25, 0.3) is 0 Å². The summed E-state index contributed by atoms with van der Waals surface area (Å²) in [5.74, 6) is -0.396. The van der Waals surface area contributed by atoms with Gasteiger partial charge < -0.3 is 9.64 Å². The fourth-order valence-electron chi connectivity index (χ4n) is 2.89.